The van der Waals surface area contributed by atoms with Crippen LogP contribution in [0.1, 0.15) is 25.5 Å². The summed E-state index contributed by atoms with van der Waals surface area (Å²) < 4.78 is 5.01. The third kappa shape index (κ3) is 5.91. The first-order valence-corrected chi connectivity index (χ1v) is 11.3. The number of aliphatic imine (C=N–C) groups is 1. The smallest absolute Gasteiger partial charge is 0.316 e. The maximum absolute atomic E-state index is 13.2. The lowest BCUT2D eigenvalue weighted by molar-refractivity contribution is -0.139. The number of esters is 1. The fraction of sp³-hybridized carbons (Fsp3) is 0.292. The Morgan fingerprint density at radius 3 is 2.44 bits per heavy atom. The average molecular weight is 453 g/mol. The zero-order valence-corrected chi connectivity index (χ0v) is 19.5. The summed E-state index contributed by atoms with van der Waals surface area (Å²) in [6.45, 7) is 3.96. The Hall–Kier alpha value is -3.26. The molecule has 0 saturated heterocycles. The van der Waals surface area contributed by atoms with Crippen molar-refractivity contribution in [2.24, 2.45) is 4.99 Å². The lowest BCUT2D eigenvalue weighted by Crippen LogP contribution is -2.32. The van der Waals surface area contributed by atoms with Crippen molar-refractivity contribution in [2.45, 2.75) is 19.9 Å². The number of ether oxygens (including phenoxy) is 1. The van der Waals surface area contributed by atoms with Gasteiger partial charge in [0, 0.05) is 31.2 Å². The molecule has 32 heavy (non-hydrogen) atoms. The van der Waals surface area contributed by atoms with Crippen LogP contribution in [0.3, 0.4) is 0 Å². The van der Waals surface area contributed by atoms with Crippen molar-refractivity contribution in [3.63, 3.8) is 0 Å². The van der Waals surface area contributed by atoms with E-state index in [1.54, 1.807) is 6.92 Å². The maximum Gasteiger partial charge on any atom is 0.316 e. The van der Waals surface area contributed by atoms with E-state index in [-0.39, 0.29) is 17.6 Å². The van der Waals surface area contributed by atoms with Crippen LogP contribution in [-0.4, -0.2) is 43.5 Å². The lowest BCUT2D eigenvalue weighted by Gasteiger charge is -2.26. The molecular formula is C24H28N4O3S. The van der Waals surface area contributed by atoms with E-state index < -0.39 is 6.04 Å². The predicted octanol–water partition coefficient (Wildman–Crippen LogP) is 3.96. The fourth-order valence-electron chi connectivity index (χ4n) is 3.26. The summed E-state index contributed by atoms with van der Waals surface area (Å²) in [6, 6.07) is 16.8. The normalized spacial score (nSPS) is 15.5. The second-order valence-electron chi connectivity index (χ2n) is 7.40. The number of para-hydroxylation sites is 1. The van der Waals surface area contributed by atoms with Gasteiger partial charge < -0.3 is 20.3 Å². The summed E-state index contributed by atoms with van der Waals surface area (Å²) in [5.41, 5.74) is 3.89. The largest absolute Gasteiger partial charge is 0.465 e. The summed E-state index contributed by atoms with van der Waals surface area (Å²) in [6.07, 6.45) is 0. The van der Waals surface area contributed by atoms with Gasteiger partial charge in [-0.15, -0.1) is 0 Å². The molecule has 168 valence electrons. The van der Waals surface area contributed by atoms with E-state index in [1.807, 2.05) is 80.5 Å². The molecule has 1 atom stereocenters. The minimum absolute atomic E-state index is 0.144. The molecule has 1 heterocycles. The highest BCUT2D eigenvalue weighted by atomic mass is 32.2. The van der Waals surface area contributed by atoms with Crippen LogP contribution in [-0.2, 0) is 14.3 Å². The molecule has 0 fully saturated rings. The van der Waals surface area contributed by atoms with Crippen LogP contribution in [0.15, 0.2) is 70.9 Å². The molecule has 0 saturated carbocycles. The number of hydrogen-bond donors (Lipinski definition) is 2. The first-order valence-electron chi connectivity index (χ1n) is 10.4. The van der Waals surface area contributed by atoms with E-state index in [0.29, 0.717) is 28.7 Å². The number of amides is 1. The number of amidine groups is 1. The SMILES string of the molecule is CCOC(=O)CSC1=N[C@H](c2ccc(N(C)C)cc2)C(C(=O)Nc2ccccc2)=C(C)N1. The van der Waals surface area contributed by atoms with Crippen LogP contribution in [0.2, 0.25) is 0 Å². The molecule has 0 spiro atoms. The summed E-state index contributed by atoms with van der Waals surface area (Å²) in [5.74, 6) is -0.380. The number of thioether (sulfide) groups is 1. The Morgan fingerprint density at radius 1 is 1.12 bits per heavy atom. The Kier molecular flexibility index (Phi) is 7.94. The molecular weight excluding hydrogens is 424 g/mol. The highest BCUT2D eigenvalue weighted by Gasteiger charge is 2.29. The summed E-state index contributed by atoms with van der Waals surface area (Å²) in [5, 5.41) is 6.71. The van der Waals surface area contributed by atoms with Crippen molar-refractivity contribution in [3.05, 3.63) is 71.4 Å². The molecule has 0 bridgehead atoms. The predicted molar refractivity (Wildman–Crippen MR) is 131 cm³/mol. The number of carbonyl (C=O) groups excluding carboxylic acids is 2. The van der Waals surface area contributed by atoms with Gasteiger partial charge in [-0.3, -0.25) is 9.59 Å². The van der Waals surface area contributed by atoms with Gasteiger partial charge in [-0.05, 0) is 43.7 Å². The van der Waals surface area contributed by atoms with Gasteiger partial charge in [-0.2, -0.15) is 0 Å². The molecule has 0 aliphatic carbocycles. The molecule has 1 aliphatic rings. The molecule has 2 aromatic carbocycles. The summed E-state index contributed by atoms with van der Waals surface area (Å²) >= 11 is 1.26. The van der Waals surface area contributed by atoms with E-state index >= 15 is 0 Å². The van der Waals surface area contributed by atoms with Gasteiger partial charge in [0.05, 0.1) is 17.9 Å². The highest BCUT2D eigenvalue weighted by molar-refractivity contribution is 8.14. The molecule has 0 aromatic heterocycles. The van der Waals surface area contributed by atoms with Gasteiger partial charge in [0.15, 0.2) is 5.17 Å². The van der Waals surface area contributed by atoms with E-state index in [0.717, 1.165) is 11.3 Å². The molecule has 0 radical (unpaired) electrons. The van der Waals surface area contributed by atoms with Crippen molar-refractivity contribution < 1.29 is 14.3 Å². The monoisotopic (exact) mass is 452 g/mol. The number of carbonyl (C=O) groups is 2. The minimum atomic E-state index is -0.499. The zero-order valence-electron chi connectivity index (χ0n) is 18.7. The molecule has 2 N–H and O–H groups in total. The number of rotatable bonds is 7. The van der Waals surface area contributed by atoms with Crippen LogP contribution in [0.4, 0.5) is 11.4 Å². The number of hydrogen-bond acceptors (Lipinski definition) is 7. The van der Waals surface area contributed by atoms with Crippen molar-refractivity contribution in [1.29, 1.82) is 0 Å². The fourth-order valence-corrected chi connectivity index (χ4v) is 4.00. The lowest BCUT2D eigenvalue weighted by atomic mass is 9.95. The van der Waals surface area contributed by atoms with Crippen LogP contribution >= 0.6 is 11.8 Å². The van der Waals surface area contributed by atoms with Gasteiger partial charge >= 0.3 is 5.97 Å². The molecule has 2 aromatic rings. The highest BCUT2D eigenvalue weighted by Crippen LogP contribution is 2.33. The van der Waals surface area contributed by atoms with E-state index in [9.17, 15) is 9.59 Å². The Labute approximate surface area is 192 Å². The first kappa shape index (κ1) is 23.4. The van der Waals surface area contributed by atoms with Gasteiger partial charge in [0.2, 0.25) is 0 Å². The number of nitrogens with zero attached hydrogens (tertiary/aromatic N) is 2. The maximum atomic E-state index is 13.2. The van der Waals surface area contributed by atoms with Crippen LogP contribution in [0.5, 0.6) is 0 Å². The Bertz CT molecular complexity index is 1020. The Morgan fingerprint density at radius 2 is 1.81 bits per heavy atom. The molecule has 0 unspecified atom stereocenters. The summed E-state index contributed by atoms with van der Waals surface area (Å²) in [4.78, 5) is 31.8. The van der Waals surface area contributed by atoms with Gasteiger partial charge in [-0.1, -0.05) is 42.1 Å². The topological polar surface area (TPSA) is 83.0 Å². The third-order valence-corrected chi connectivity index (χ3v) is 5.71. The Balaban J connectivity index is 1.90. The van der Waals surface area contributed by atoms with Crippen molar-refractivity contribution in [3.8, 4) is 0 Å². The number of benzene rings is 2. The van der Waals surface area contributed by atoms with Crippen molar-refractivity contribution in [1.82, 2.24) is 5.32 Å². The van der Waals surface area contributed by atoms with Crippen LogP contribution in [0.25, 0.3) is 0 Å². The molecule has 1 aliphatic heterocycles. The molecule has 8 heteroatoms. The summed E-state index contributed by atoms with van der Waals surface area (Å²) in [7, 11) is 3.95. The van der Waals surface area contributed by atoms with Gasteiger partial charge in [0.1, 0.15) is 6.04 Å². The molecule has 7 nitrogen and oxygen atoms in total. The van der Waals surface area contributed by atoms with E-state index in [4.69, 9.17) is 9.73 Å². The first-order chi connectivity index (χ1) is 15.4. The molecule has 3 rings (SSSR count). The number of anilines is 2. The number of nitrogens with one attached hydrogen (secondary N) is 2. The average Bonchev–Trinajstić information content (AvgIpc) is 2.78. The minimum Gasteiger partial charge on any atom is -0.465 e. The molecule has 1 amide bonds. The third-order valence-electron chi connectivity index (χ3n) is 4.85. The number of allylic oxidation sites excluding steroid dienone is 1. The standard InChI is InChI=1S/C24H28N4O3S/c1-5-31-20(29)15-32-24-25-16(2)21(23(30)26-18-9-7-6-8-10-18)22(27-24)17-11-13-19(14-12-17)28(3)4/h6-14,22H,5,15H2,1-4H3,(H,25,27)(H,26,30)/t22-/m1/s1. The van der Waals surface area contributed by atoms with Gasteiger partial charge in [0.25, 0.3) is 5.91 Å². The van der Waals surface area contributed by atoms with Crippen molar-refractivity contribution >= 4 is 40.2 Å². The van der Waals surface area contributed by atoms with Crippen molar-refractivity contribution in [2.75, 3.05) is 36.7 Å². The van der Waals surface area contributed by atoms with Crippen LogP contribution < -0.4 is 15.5 Å². The second-order valence-corrected chi connectivity index (χ2v) is 8.36. The van der Waals surface area contributed by atoms with E-state index in [2.05, 4.69) is 10.6 Å². The van der Waals surface area contributed by atoms with Gasteiger partial charge in [-0.25, -0.2) is 4.99 Å². The van der Waals surface area contributed by atoms with E-state index in [1.165, 1.54) is 11.8 Å². The van der Waals surface area contributed by atoms with Crippen LogP contribution in [0, 0.1) is 0 Å². The second kappa shape index (κ2) is 10.9. The quantitative estimate of drug-likeness (QED) is 0.619. The zero-order chi connectivity index (χ0) is 23.1.